The Bertz CT molecular complexity index is 711. The second-order valence-electron chi connectivity index (χ2n) is 3.29. The zero-order valence-electron chi connectivity index (χ0n) is 8.29. The van der Waals surface area contributed by atoms with Crippen molar-refractivity contribution in [2.45, 2.75) is 4.90 Å². The van der Waals surface area contributed by atoms with Gasteiger partial charge < -0.3 is 5.11 Å². The molecule has 0 spiro atoms. The molecule has 1 N–H and O–H groups in total. The van der Waals surface area contributed by atoms with Crippen LogP contribution in [-0.2, 0) is 9.05 Å². The number of carbonyl (C=O) groups is 1. The van der Waals surface area contributed by atoms with Crippen molar-refractivity contribution in [1.82, 2.24) is 4.98 Å². The van der Waals surface area contributed by atoms with Crippen molar-refractivity contribution >= 4 is 36.5 Å². The second-order valence-corrected chi connectivity index (χ2v) is 5.82. The zero-order valence-corrected chi connectivity index (χ0v) is 9.86. The summed E-state index contributed by atoms with van der Waals surface area (Å²) in [6, 6.07) is 5.64. The van der Waals surface area contributed by atoms with Crippen molar-refractivity contribution < 1.29 is 18.3 Å². The third-order valence-electron chi connectivity index (χ3n) is 2.21. The molecule has 5 nitrogen and oxygen atoms in total. The standard InChI is InChI=1S/C10H6ClNO4S/c11-17(15,16)9-3-1-2-6-5-12-8(10(13)14)4-7(6)9/h1-5H,(H,13,14). The van der Waals surface area contributed by atoms with Crippen LogP contribution in [0.25, 0.3) is 10.8 Å². The number of hydrogen-bond acceptors (Lipinski definition) is 4. The van der Waals surface area contributed by atoms with Crippen LogP contribution in [0.1, 0.15) is 10.5 Å². The minimum absolute atomic E-state index is 0.124. The average molecular weight is 272 g/mol. The number of aromatic carboxylic acids is 1. The number of benzene rings is 1. The molecule has 2 rings (SSSR count). The topological polar surface area (TPSA) is 84.3 Å². The van der Waals surface area contributed by atoms with Crippen LogP contribution >= 0.6 is 10.7 Å². The van der Waals surface area contributed by atoms with Gasteiger partial charge in [0, 0.05) is 27.7 Å². The van der Waals surface area contributed by atoms with Gasteiger partial charge >= 0.3 is 5.97 Å². The molecule has 0 saturated carbocycles. The van der Waals surface area contributed by atoms with E-state index in [1.807, 2.05) is 0 Å². The molecular formula is C10H6ClNO4S. The molecule has 0 radical (unpaired) electrons. The molecule has 7 heteroatoms. The number of carboxylic acids is 1. The summed E-state index contributed by atoms with van der Waals surface area (Å²) in [5.41, 5.74) is -0.231. The Morgan fingerprint density at radius 2 is 2.06 bits per heavy atom. The van der Waals surface area contributed by atoms with E-state index in [-0.39, 0.29) is 16.0 Å². The molecule has 17 heavy (non-hydrogen) atoms. The molecule has 0 bridgehead atoms. The molecule has 0 saturated heterocycles. The maximum Gasteiger partial charge on any atom is 0.354 e. The van der Waals surface area contributed by atoms with Crippen LogP contribution < -0.4 is 0 Å². The maximum absolute atomic E-state index is 11.3. The summed E-state index contributed by atoms with van der Waals surface area (Å²) >= 11 is 0. The molecule has 0 aliphatic carbocycles. The number of aromatic nitrogens is 1. The highest BCUT2D eigenvalue weighted by atomic mass is 35.7. The summed E-state index contributed by atoms with van der Waals surface area (Å²) < 4.78 is 22.7. The fourth-order valence-electron chi connectivity index (χ4n) is 1.47. The van der Waals surface area contributed by atoms with Crippen LogP contribution in [0.4, 0.5) is 0 Å². The lowest BCUT2D eigenvalue weighted by Gasteiger charge is -2.03. The van der Waals surface area contributed by atoms with Gasteiger partial charge in [0.2, 0.25) is 0 Å². The summed E-state index contributed by atoms with van der Waals surface area (Å²) in [5, 5.41) is 9.55. The van der Waals surface area contributed by atoms with E-state index in [4.69, 9.17) is 15.8 Å². The van der Waals surface area contributed by atoms with Crippen molar-refractivity contribution in [3.05, 3.63) is 36.2 Å². The van der Waals surface area contributed by atoms with Gasteiger partial charge in [-0.05, 0) is 12.1 Å². The van der Waals surface area contributed by atoms with E-state index in [9.17, 15) is 13.2 Å². The minimum atomic E-state index is -3.92. The molecule has 1 aromatic carbocycles. The molecule has 0 fully saturated rings. The van der Waals surface area contributed by atoms with Crippen LogP contribution in [0, 0.1) is 0 Å². The molecule has 0 amide bonds. The lowest BCUT2D eigenvalue weighted by atomic mass is 10.1. The summed E-state index contributed by atoms with van der Waals surface area (Å²) in [7, 11) is 1.35. The van der Waals surface area contributed by atoms with E-state index < -0.39 is 15.0 Å². The van der Waals surface area contributed by atoms with E-state index in [0.717, 1.165) is 0 Å². The first-order chi connectivity index (χ1) is 7.89. The largest absolute Gasteiger partial charge is 0.477 e. The molecular weight excluding hydrogens is 266 g/mol. The summed E-state index contributed by atoms with van der Waals surface area (Å²) in [6.45, 7) is 0. The van der Waals surface area contributed by atoms with Crippen LogP contribution in [0.15, 0.2) is 35.4 Å². The summed E-state index contributed by atoms with van der Waals surface area (Å²) in [4.78, 5) is 14.3. The van der Waals surface area contributed by atoms with Crippen molar-refractivity contribution in [3.63, 3.8) is 0 Å². The van der Waals surface area contributed by atoms with Crippen LogP contribution in [0.2, 0.25) is 0 Å². The highest BCUT2D eigenvalue weighted by Crippen LogP contribution is 2.25. The average Bonchev–Trinajstić information content (AvgIpc) is 2.26. The molecule has 0 unspecified atom stereocenters. The summed E-state index contributed by atoms with van der Waals surface area (Å²) in [6.07, 6.45) is 1.30. The van der Waals surface area contributed by atoms with Gasteiger partial charge in [-0.3, -0.25) is 0 Å². The summed E-state index contributed by atoms with van der Waals surface area (Å²) in [5.74, 6) is -1.23. The van der Waals surface area contributed by atoms with Crippen molar-refractivity contribution in [2.24, 2.45) is 0 Å². The molecule has 0 aliphatic heterocycles. The quantitative estimate of drug-likeness (QED) is 0.843. The third kappa shape index (κ3) is 2.22. The van der Waals surface area contributed by atoms with E-state index >= 15 is 0 Å². The number of fused-ring (bicyclic) bond motifs is 1. The number of pyridine rings is 1. The van der Waals surface area contributed by atoms with E-state index in [2.05, 4.69) is 4.98 Å². The molecule has 1 aromatic heterocycles. The number of rotatable bonds is 2. The molecule has 2 aromatic rings. The Balaban J connectivity index is 2.86. The fourth-order valence-corrected chi connectivity index (χ4v) is 2.55. The van der Waals surface area contributed by atoms with Gasteiger partial charge in [-0.25, -0.2) is 18.2 Å². The van der Waals surface area contributed by atoms with Gasteiger partial charge in [0.25, 0.3) is 9.05 Å². The predicted molar refractivity (Wildman–Crippen MR) is 61.7 cm³/mol. The number of carboxylic acid groups (broad SMARTS) is 1. The second kappa shape index (κ2) is 3.97. The van der Waals surface area contributed by atoms with Gasteiger partial charge in [0.15, 0.2) is 0 Å². The highest BCUT2D eigenvalue weighted by Gasteiger charge is 2.15. The van der Waals surface area contributed by atoms with E-state index in [1.165, 1.54) is 24.4 Å². The zero-order chi connectivity index (χ0) is 12.6. The predicted octanol–water partition coefficient (Wildman–Crippen LogP) is 1.86. The van der Waals surface area contributed by atoms with Crippen molar-refractivity contribution in [2.75, 3.05) is 0 Å². The molecule has 88 valence electrons. The van der Waals surface area contributed by atoms with Gasteiger partial charge in [0.1, 0.15) is 5.69 Å². The van der Waals surface area contributed by atoms with Crippen LogP contribution in [0.5, 0.6) is 0 Å². The lowest BCUT2D eigenvalue weighted by molar-refractivity contribution is 0.0690. The minimum Gasteiger partial charge on any atom is -0.477 e. The Kier molecular flexibility index (Phi) is 2.76. The Hall–Kier alpha value is -1.66. The van der Waals surface area contributed by atoms with Crippen LogP contribution in [0.3, 0.4) is 0 Å². The van der Waals surface area contributed by atoms with Gasteiger partial charge in [-0.2, -0.15) is 0 Å². The molecule has 1 heterocycles. The number of hydrogen-bond donors (Lipinski definition) is 1. The Labute approximate surface area is 101 Å². The highest BCUT2D eigenvalue weighted by molar-refractivity contribution is 8.14. The van der Waals surface area contributed by atoms with Crippen LogP contribution in [-0.4, -0.2) is 24.5 Å². The van der Waals surface area contributed by atoms with Gasteiger partial charge in [0.05, 0.1) is 4.90 Å². The number of nitrogens with zero attached hydrogens (tertiary/aromatic N) is 1. The monoisotopic (exact) mass is 271 g/mol. The molecule has 0 aliphatic rings. The SMILES string of the molecule is O=C(O)c1cc2c(S(=O)(=O)Cl)cccc2cn1. The number of halogens is 1. The Morgan fingerprint density at radius 1 is 1.35 bits per heavy atom. The normalized spacial score (nSPS) is 11.6. The molecule has 0 atom stereocenters. The van der Waals surface area contributed by atoms with E-state index in [1.54, 1.807) is 6.07 Å². The van der Waals surface area contributed by atoms with Crippen molar-refractivity contribution in [1.29, 1.82) is 0 Å². The fraction of sp³-hybridized carbons (Fsp3) is 0. The lowest BCUT2D eigenvalue weighted by Crippen LogP contribution is -2.01. The first-order valence-corrected chi connectivity index (χ1v) is 6.77. The third-order valence-corrected chi connectivity index (χ3v) is 3.59. The Morgan fingerprint density at radius 3 is 2.65 bits per heavy atom. The van der Waals surface area contributed by atoms with E-state index in [0.29, 0.717) is 5.39 Å². The van der Waals surface area contributed by atoms with Gasteiger partial charge in [-0.1, -0.05) is 12.1 Å². The maximum atomic E-state index is 11.3. The first-order valence-electron chi connectivity index (χ1n) is 4.46. The smallest absolute Gasteiger partial charge is 0.354 e. The van der Waals surface area contributed by atoms with Gasteiger partial charge in [-0.15, -0.1) is 0 Å². The first kappa shape index (κ1) is 11.8. The van der Waals surface area contributed by atoms with Crippen molar-refractivity contribution in [3.8, 4) is 0 Å².